The highest BCUT2D eigenvalue weighted by atomic mass is 79.9. The maximum Gasteiger partial charge on any atom is 0.177 e. The molecule has 0 amide bonds. The van der Waals surface area contributed by atoms with Gasteiger partial charge in [-0.15, -0.1) is 0 Å². The van der Waals surface area contributed by atoms with Crippen LogP contribution in [0.3, 0.4) is 0 Å². The summed E-state index contributed by atoms with van der Waals surface area (Å²) in [6, 6.07) is 0. The molecule has 3 heteroatoms. The summed E-state index contributed by atoms with van der Waals surface area (Å²) in [6.45, 7) is 5.90. The van der Waals surface area contributed by atoms with E-state index in [4.69, 9.17) is 9.84 Å². The van der Waals surface area contributed by atoms with Crippen LogP contribution in [-0.4, -0.2) is 23.3 Å². The van der Waals surface area contributed by atoms with Crippen LogP contribution in [0.15, 0.2) is 12.2 Å². The van der Waals surface area contributed by atoms with Gasteiger partial charge in [-0.25, -0.2) is 0 Å². The zero-order chi connectivity index (χ0) is 7.28. The van der Waals surface area contributed by atoms with Crippen LogP contribution in [0.5, 0.6) is 0 Å². The van der Waals surface area contributed by atoms with Crippen molar-refractivity contribution in [3.8, 4) is 0 Å². The van der Waals surface area contributed by atoms with Crippen LogP contribution in [-0.2, 0) is 4.74 Å². The average molecular weight is 195 g/mol. The SMILES string of the molecule is C=C(CBr)C(O)OCC. The van der Waals surface area contributed by atoms with Crippen molar-refractivity contribution in [2.75, 3.05) is 11.9 Å². The Labute approximate surface area is 63.6 Å². The third kappa shape index (κ3) is 3.67. The molecule has 0 aliphatic heterocycles. The minimum Gasteiger partial charge on any atom is -0.364 e. The molecule has 0 bridgehead atoms. The summed E-state index contributed by atoms with van der Waals surface area (Å²) in [5.41, 5.74) is 0.650. The predicted octanol–water partition coefficient (Wildman–Crippen LogP) is 1.29. The maximum atomic E-state index is 8.97. The molecule has 0 aromatic heterocycles. The molecule has 0 fully saturated rings. The molecule has 0 spiro atoms. The van der Waals surface area contributed by atoms with Crippen molar-refractivity contribution in [3.63, 3.8) is 0 Å². The lowest BCUT2D eigenvalue weighted by Crippen LogP contribution is -2.14. The van der Waals surface area contributed by atoms with Crippen LogP contribution in [0.25, 0.3) is 0 Å². The summed E-state index contributed by atoms with van der Waals surface area (Å²) in [7, 11) is 0. The molecule has 9 heavy (non-hydrogen) atoms. The molecule has 54 valence electrons. The zero-order valence-electron chi connectivity index (χ0n) is 5.43. The van der Waals surface area contributed by atoms with Crippen LogP contribution < -0.4 is 0 Å². The van der Waals surface area contributed by atoms with Crippen molar-refractivity contribution in [2.24, 2.45) is 0 Å². The quantitative estimate of drug-likeness (QED) is 0.416. The molecule has 2 nitrogen and oxygen atoms in total. The first-order valence-electron chi connectivity index (χ1n) is 2.75. The third-order valence-electron chi connectivity index (χ3n) is 0.845. The third-order valence-corrected chi connectivity index (χ3v) is 1.57. The molecule has 0 aliphatic carbocycles. The van der Waals surface area contributed by atoms with Crippen LogP contribution in [0.2, 0.25) is 0 Å². The van der Waals surface area contributed by atoms with E-state index in [2.05, 4.69) is 22.5 Å². The predicted molar refractivity (Wildman–Crippen MR) is 40.6 cm³/mol. The first kappa shape index (κ1) is 9.14. The second-order valence-electron chi connectivity index (χ2n) is 1.60. The lowest BCUT2D eigenvalue weighted by atomic mass is 10.3. The molecule has 1 unspecified atom stereocenters. The van der Waals surface area contributed by atoms with Gasteiger partial charge in [0.25, 0.3) is 0 Å². The molecule has 0 saturated carbocycles. The Bertz CT molecular complexity index is 93.1. The smallest absolute Gasteiger partial charge is 0.177 e. The highest BCUT2D eigenvalue weighted by Gasteiger charge is 2.04. The van der Waals surface area contributed by atoms with Gasteiger partial charge in [0.05, 0.1) is 0 Å². The Balaban J connectivity index is 3.45. The first-order chi connectivity index (χ1) is 4.22. The van der Waals surface area contributed by atoms with E-state index in [0.29, 0.717) is 17.5 Å². The van der Waals surface area contributed by atoms with Gasteiger partial charge in [0, 0.05) is 11.9 Å². The summed E-state index contributed by atoms with van der Waals surface area (Å²) >= 11 is 3.15. The van der Waals surface area contributed by atoms with Crippen molar-refractivity contribution < 1.29 is 9.84 Å². The van der Waals surface area contributed by atoms with E-state index in [9.17, 15) is 0 Å². The normalized spacial score (nSPS) is 13.2. The Morgan fingerprint density at radius 3 is 2.78 bits per heavy atom. The lowest BCUT2D eigenvalue weighted by molar-refractivity contribution is -0.0661. The summed E-state index contributed by atoms with van der Waals surface area (Å²) in [5, 5.41) is 9.54. The number of aliphatic hydroxyl groups excluding tert-OH is 1. The number of alkyl halides is 1. The number of hydrogen-bond donors (Lipinski definition) is 1. The van der Waals surface area contributed by atoms with Crippen molar-refractivity contribution in [1.29, 1.82) is 0 Å². The first-order valence-corrected chi connectivity index (χ1v) is 3.87. The van der Waals surface area contributed by atoms with Crippen LogP contribution in [0.1, 0.15) is 6.92 Å². The molecule has 0 radical (unpaired) electrons. The summed E-state index contributed by atoms with van der Waals surface area (Å²) in [4.78, 5) is 0. The lowest BCUT2D eigenvalue weighted by Gasteiger charge is -2.09. The summed E-state index contributed by atoms with van der Waals surface area (Å²) in [5.74, 6) is 0. The Kier molecular flexibility index (Phi) is 5.04. The van der Waals surface area contributed by atoms with Crippen molar-refractivity contribution in [1.82, 2.24) is 0 Å². The van der Waals surface area contributed by atoms with Crippen LogP contribution >= 0.6 is 15.9 Å². The van der Waals surface area contributed by atoms with Crippen molar-refractivity contribution in [2.45, 2.75) is 13.2 Å². The fraction of sp³-hybridized carbons (Fsp3) is 0.667. The monoisotopic (exact) mass is 194 g/mol. The topological polar surface area (TPSA) is 29.5 Å². The fourth-order valence-electron chi connectivity index (χ4n) is 0.342. The van der Waals surface area contributed by atoms with E-state index in [1.165, 1.54) is 0 Å². The standard InChI is InChI=1S/C6H11BrO2/c1-3-9-6(8)5(2)4-7/h6,8H,2-4H2,1H3. The molecule has 1 N–H and O–H groups in total. The van der Waals surface area contributed by atoms with Gasteiger partial charge in [-0.3, -0.25) is 0 Å². The van der Waals surface area contributed by atoms with Gasteiger partial charge in [-0.2, -0.15) is 0 Å². The second-order valence-corrected chi connectivity index (χ2v) is 2.16. The van der Waals surface area contributed by atoms with Crippen molar-refractivity contribution in [3.05, 3.63) is 12.2 Å². The van der Waals surface area contributed by atoms with Crippen molar-refractivity contribution >= 4 is 15.9 Å². The van der Waals surface area contributed by atoms with E-state index >= 15 is 0 Å². The second kappa shape index (κ2) is 4.97. The minimum absolute atomic E-state index is 0.507. The molecule has 0 aliphatic rings. The van der Waals surface area contributed by atoms with Crippen LogP contribution in [0.4, 0.5) is 0 Å². The summed E-state index contributed by atoms with van der Waals surface area (Å²) in [6.07, 6.45) is -0.811. The molecule has 0 aromatic carbocycles. The average Bonchev–Trinajstić information content (AvgIpc) is 1.87. The Hall–Kier alpha value is 0.140. The van der Waals surface area contributed by atoms with Gasteiger partial charge >= 0.3 is 0 Å². The number of halogens is 1. The Morgan fingerprint density at radius 1 is 1.89 bits per heavy atom. The largest absolute Gasteiger partial charge is 0.364 e. The number of rotatable bonds is 4. The van der Waals surface area contributed by atoms with Gasteiger partial charge in [0.2, 0.25) is 0 Å². The zero-order valence-corrected chi connectivity index (χ0v) is 7.02. The summed E-state index contributed by atoms with van der Waals surface area (Å²) < 4.78 is 4.82. The van der Waals surface area contributed by atoms with E-state index in [0.717, 1.165) is 0 Å². The molecule has 0 rings (SSSR count). The van der Waals surface area contributed by atoms with E-state index in [-0.39, 0.29) is 0 Å². The molecule has 1 atom stereocenters. The number of hydrogen-bond acceptors (Lipinski definition) is 2. The van der Waals surface area contributed by atoms with Gasteiger partial charge < -0.3 is 9.84 Å². The van der Waals surface area contributed by atoms with E-state index in [1.54, 1.807) is 0 Å². The number of ether oxygens (including phenoxy) is 1. The van der Waals surface area contributed by atoms with E-state index in [1.807, 2.05) is 6.92 Å². The fourth-order valence-corrected chi connectivity index (χ4v) is 0.619. The molecular weight excluding hydrogens is 184 g/mol. The molecule has 0 heterocycles. The molecule has 0 aromatic rings. The highest BCUT2D eigenvalue weighted by Crippen LogP contribution is 2.03. The van der Waals surface area contributed by atoms with E-state index < -0.39 is 6.29 Å². The maximum absolute atomic E-state index is 8.97. The van der Waals surface area contributed by atoms with Crippen LogP contribution in [0, 0.1) is 0 Å². The molecular formula is C6H11BrO2. The highest BCUT2D eigenvalue weighted by molar-refractivity contribution is 9.09. The van der Waals surface area contributed by atoms with Gasteiger partial charge in [0.15, 0.2) is 6.29 Å². The Morgan fingerprint density at radius 2 is 2.44 bits per heavy atom. The minimum atomic E-state index is -0.811. The number of aliphatic hydroxyl groups is 1. The molecule has 0 saturated heterocycles. The van der Waals surface area contributed by atoms with Gasteiger partial charge in [-0.05, 0) is 12.5 Å². The van der Waals surface area contributed by atoms with Gasteiger partial charge in [0.1, 0.15) is 0 Å². The van der Waals surface area contributed by atoms with Gasteiger partial charge in [-0.1, -0.05) is 22.5 Å².